The van der Waals surface area contributed by atoms with Gasteiger partial charge in [-0.3, -0.25) is 14.8 Å². The molecule has 1 aromatic heterocycles. The van der Waals surface area contributed by atoms with Crippen molar-refractivity contribution >= 4 is 35.0 Å². The van der Waals surface area contributed by atoms with Crippen molar-refractivity contribution in [3.05, 3.63) is 30.6 Å². The number of hydrogen-bond donors (Lipinski definition) is 2. The minimum Gasteiger partial charge on any atom is -0.370 e. The molecule has 1 heterocycles. The molecule has 7 heteroatoms. The molecule has 19 heavy (non-hydrogen) atoms. The Morgan fingerprint density at radius 2 is 2.05 bits per heavy atom. The molecule has 1 aromatic carbocycles. The Balaban J connectivity index is 0.00000180. The van der Waals surface area contributed by atoms with E-state index in [1.165, 1.54) is 7.11 Å². The number of benzene rings is 1. The van der Waals surface area contributed by atoms with Crippen LogP contribution < -0.4 is 11.1 Å². The fourth-order valence-corrected chi connectivity index (χ4v) is 1.57. The summed E-state index contributed by atoms with van der Waals surface area (Å²) in [6.45, 7) is 0.135. The van der Waals surface area contributed by atoms with Crippen LogP contribution in [0, 0.1) is 0 Å². The molecule has 0 fully saturated rings. The predicted molar refractivity (Wildman–Crippen MR) is 75.3 cm³/mol. The molecule has 1 amide bonds. The number of anilines is 1. The summed E-state index contributed by atoms with van der Waals surface area (Å²) in [5.74, 6) is -0.275. The Kier molecular flexibility index (Phi) is 5.62. The van der Waals surface area contributed by atoms with E-state index in [2.05, 4.69) is 15.3 Å². The van der Waals surface area contributed by atoms with Crippen LogP contribution in [0.4, 0.5) is 5.69 Å². The molecular formula is C12H15ClN4O2. The number of halogens is 1. The fraction of sp³-hybridized carbons (Fsp3) is 0.250. The van der Waals surface area contributed by atoms with Gasteiger partial charge >= 0.3 is 0 Å². The smallest absolute Gasteiger partial charge is 0.254 e. The van der Waals surface area contributed by atoms with Gasteiger partial charge in [0.1, 0.15) is 6.10 Å². The zero-order valence-corrected chi connectivity index (χ0v) is 11.2. The van der Waals surface area contributed by atoms with E-state index in [0.29, 0.717) is 5.69 Å². The number of amides is 1. The Bertz CT molecular complexity index is 560. The van der Waals surface area contributed by atoms with E-state index >= 15 is 0 Å². The molecule has 6 nitrogen and oxygen atoms in total. The van der Waals surface area contributed by atoms with Crippen molar-refractivity contribution in [2.75, 3.05) is 19.0 Å². The standard InChI is InChI=1S/C12H14N4O2.ClH/c1-18-11(7-13)12(17)16-8-2-3-9-10(6-8)15-5-4-14-9;/h2-6,11H,7,13H2,1H3,(H,16,17);1H. The lowest BCUT2D eigenvalue weighted by Gasteiger charge is -2.13. The highest BCUT2D eigenvalue weighted by atomic mass is 35.5. The van der Waals surface area contributed by atoms with Crippen LogP contribution in [-0.2, 0) is 9.53 Å². The summed E-state index contributed by atoms with van der Waals surface area (Å²) in [4.78, 5) is 20.1. The first-order valence-electron chi connectivity index (χ1n) is 5.49. The van der Waals surface area contributed by atoms with Gasteiger partial charge in [-0.05, 0) is 18.2 Å². The highest BCUT2D eigenvalue weighted by molar-refractivity contribution is 5.95. The number of nitrogens with zero attached hydrogens (tertiary/aromatic N) is 2. The van der Waals surface area contributed by atoms with Gasteiger partial charge in [-0.2, -0.15) is 0 Å². The zero-order valence-electron chi connectivity index (χ0n) is 10.4. The van der Waals surface area contributed by atoms with E-state index in [1.807, 2.05) is 0 Å². The van der Waals surface area contributed by atoms with Crippen molar-refractivity contribution in [1.82, 2.24) is 9.97 Å². The summed E-state index contributed by atoms with van der Waals surface area (Å²) in [5.41, 5.74) is 7.56. The van der Waals surface area contributed by atoms with Crippen LogP contribution in [0.5, 0.6) is 0 Å². The number of nitrogens with two attached hydrogens (primary N) is 1. The van der Waals surface area contributed by atoms with Gasteiger partial charge in [0.25, 0.3) is 5.91 Å². The maximum Gasteiger partial charge on any atom is 0.254 e. The highest BCUT2D eigenvalue weighted by Gasteiger charge is 2.15. The topological polar surface area (TPSA) is 90.1 Å². The number of hydrogen-bond acceptors (Lipinski definition) is 5. The van der Waals surface area contributed by atoms with E-state index in [1.54, 1.807) is 30.6 Å². The first kappa shape index (κ1) is 15.3. The minimum atomic E-state index is -0.650. The van der Waals surface area contributed by atoms with Gasteiger partial charge in [0.05, 0.1) is 11.0 Å². The average Bonchev–Trinajstić information content (AvgIpc) is 2.40. The summed E-state index contributed by atoms with van der Waals surface area (Å²) in [7, 11) is 1.45. The number of nitrogens with one attached hydrogen (secondary N) is 1. The number of rotatable bonds is 4. The van der Waals surface area contributed by atoms with Crippen LogP contribution in [0.25, 0.3) is 11.0 Å². The van der Waals surface area contributed by atoms with Crippen LogP contribution in [0.2, 0.25) is 0 Å². The molecule has 1 atom stereocenters. The van der Waals surface area contributed by atoms with E-state index in [0.717, 1.165) is 11.0 Å². The van der Waals surface area contributed by atoms with Crippen LogP contribution in [0.15, 0.2) is 30.6 Å². The third-order valence-corrected chi connectivity index (χ3v) is 2.53. The first-order valence-corrected chi connectivity index (χ1v) is 5.49. The van der Waals surface area contributed by atoms with Crippen molar-refractivity contribution in [3.63, 3.8) is 0 Å². The van der Waals surface area contributed by atoms with E-state index in [-0.39, 0.29) is 24.9 Å². The summed E-state index contributed by atoms with van der Waals surface area (Å²) in [5, 5.41) is 2.72. The van der Waals surface area contributed by atoms with Crippen LogP contribution >= 0.6 is 12.4 Å². The molecule has 0 saturated carbocycles. The second-order valence-corrected chi connectivity index (χ2v) is 3.71. The van der Waals surface area contributed by atoms with E-state index in [4.69, 9.17) is 10.5 Å². The van der Waals surface area contributed by atoms with Crippen LogP contribution in [-0.4, -0.2) is 35.6 Å². The molecule has 0 aliphatic rings. The second kappa shape index (κ2) is 6.98. The molecule has 0 radical (unpaired) electrons. The normalized spacial score (nSPS) is 11.7. The molecule has 0 aliphatic carbocycles. The third kappa shape index (κ3) is 3.60. The Hall–Kier alpha value is -1.76. The lowest BCUT2D eigenvalue weighted by molar-refractivity contribution is -0.125. The number of methoxy groups -OCH3 is 1. The molecular weight excluding hydrogens is 268 g/mol. The summed E-state index contributed by atoms with van der Waals surface area (Å²) < 4.78 is 4.96. The summed E-state index contributed by atoms with van der Waals surface area (Å²) >= 11 is 0. The molecule has 2 aromatic rings. The Labute approximate surface area is 116 Å². The summed E-state index contributed by atoms with van der Waals surface area (Å²) in [6, 6.07) is 5.31. The van der Waals surface area contributed by atoms with Gasteiger partial charge in [-0.15, -0.1) is 12.4 Å². The number of carbonyl (C=O) groups is 1. The van der Waals surface area contributed by atoms with Crippen molar-refractivity contribution in [1.29, 1.82) is 0 Å². The molecule has 2 rings (SSSR count). The van der Waals surface area contributed by atoms with Gasteiger partial charge < -0.3 is 15.8 Å². The quantitative estimate of drug-likeness (QED) is 0.872. The number of carbonyl (C=O) groups excluding carboxylic acids is 1. The molecule has 102 valence electrons. The molecule has 0 bridgehead atoms. The molecule has 0 saturated heterocycles. The fourth-order valence-electron chi connectivity index (χ4n) is 1.57. The van der Waals surface area contributed by atoms with Crippen molar-refractivity contribution < 1.29 is 9.53 Å². The molecule has 1 unspecified atom stereocenters. The molecule has 0 aliphatic heterocycles. The minimum absolute atomic E-state index is 0. The van der Waals surface area contributed by atoms with Crippen molar-refractivity contribution in [2.24, 2.45) is 5.73 Å². The van der Waals surface area contributed by atoms with Gasteiger partial charge in [0.2, 0.25) is 0 Å². The lowest BCUT2D eigenvalue weighted by atomic mass is 10.2. The van der Waals surface area contributed by atoms with Crippen molar-refractivity contribution in [3.8, 4) is 0 Å². The average molecular weight is 283 g/mol. The lowest BCUT2D eigenvalue weighted by Crippen LogP contribution is -2.35. The van der Waals surface area contributed by atoms with E-state index < -0.39 is 6.10 Å². The monoisotopic (exact) mass is 282 g/mol. The van der Waals surface area contributed by atoms with Crippen molar-refractivity contribution in [2.45, 2.75) is 6.10 Å². The van der Waals surface area contributed by atoms with Gasteiger partial charge in [-0.25, -0.2) is 0 Å². The number of ether oxygens (including phenoxy) is 1. The molecule has 3 N–H and O–H groups in total. The Morgan fingerprint density at radius 3 is 2.68 bits per heavy atom. The summed E-state index contributed by atoms with van der Waals surface area (Å²) in [6.07, 6.45) is 2.57. The zero-order chi connectivity index (χ0) is 13.0. The SMILES string of the molecule is COC(CN)C(=O)Nc1ccc2nccnc2c1.Cl. The predicted octanol–water partition coefficient (Wildman–Crippen LogP) is 0.964. The third-order valence-electron chi connectivity index (χ3n) is 2.53. The Morgan fingerprint density at radius 1 is 1.37 bits per heavy atom. The van der Waals surface area contributed by atoms with Gasteiger partial charge in [-0.1, -0.05) is 0 Å². The highest BCUT2D eigenvalue weighted by Crippen LogP contribution is 2.15. The molecule has 0 spiro atoms. The number of aromatic nitrogens is 2. The first-order chi connectivity index (χ1) is 8.74. The largest absolute Gasteiger partial charge is 0.370 e. The number of fused-ring (bicyclic) bond motifs is 1. The van der Waals surface area contributed by atoms with Crippen LogP contribution in [0.3, 0.4) is 0 Å². The maximum atomic E-state index is 11.8. The maximum absolute atomic E-state index is 11.8. The second-order valence-electron chi connectivity index (χ2n) is 3.71. The van der Waals surface area contributed by atoms with E-state index in [9.17, 15) is 4.79 Å². The van der Waals surface area contributed by atoms with Gasteiger partial charge in [0, 0.05) is 31.7 Å². The van der Waals surface area contributed by atoms with Gasteiger partial charge in [0.15, 0.2) is 0 Å². The van der Waals surface area contributed by atoms with Crippen LogP contribution in [0.1, 0.15) is 0 Å².